The SMILES string of the molecule is CS(=O)(=O)Nc1ccc(-c2nc(NC(=O)N(CCN[C@H]3CCCNC3)CCC(c3ccccc3)c3ccccc3)sc2Cl)cc1. The highest BCUT2D eigenvalue weighted by atomic mass is 35.5. The summed E-state index contributed by atoms with van der Waals surface area (Å²) in [6.07, 6.45) is 4.12. The molecule has 0 radical (unpaired) electrons. The Balaban J connectivity index is 1.30. The number of amides is 2. The molecule has 1 atom stereocenters. The quantitative estimate of drug-likeness (QED) is 0.134. The fraction of sp³-hybridized carbons (Fsp3) is 0.333. The highest BCUT2D eigenvalue weighted by molar-refractivity contribution is 7.92. The number of piperidine rings is 1. The number of urea groups is 1. The summed E-state index contributed by atoms with van der Waals surface area (Å²) in [5, 5.41) is 10.4. The molecule has 0 unspecified atom stereocenters. The van der Waals surface area contributed by atoms with E-state index in [-0.39, 0.29) is 11.9 Å². The van der Waals surface area contributed by atoms with Gasteiger partial charge in [-0.25, -0.2) is 18.2 Å². The van der Waals surface area contributed by atoms with E-state index in [9.17, 15) is 13.2 Å². The zero-order valence-corrected chi connectivity index (χ0v) is 27.6. The molecule has 238 valence electrons. The van der Waals surface area contributed by atoms with Crippen LogP contribution in [0.2, 0.25) is 4.34 Å². The molecule has 45 heavy (non-hydrogen) atoms. The molecule has 5 rings (SSSR count). The van der Waals surface area contributed by atoms with Gasteiger partial charge in [0, 0.05) is 49.4 Å². The van der Waals surface area contributed by atoms with Crippen molar-refractivity contribution in [2.75, 3.05) is 49.0 Å². The highest BCUT2D eigenvalue weighted by Gasteiger charge is 2.22. The van der Waals surface area contributed by atoms with Gasteiger partial charge in [-0.3, -0.25) is 10.0 Å². The topological polar surface area (TPSA) is 115 Å². The lowest BCUT2D eigenvalue weighted by atomic mass is 9.88. The number of nitrogens with zero attached hydrogens (tertiary/aromatic N) is 2. The van der Waals surface area contributed by atoms with E-state index < -0.39 is 10.0 Å². The van der Waals surface area contributed by atoms with Crippen LogP contribution in [0.1, 0.15) is 36.3 Å². The maximum Gasteiger partial charge on any atom is 0.323 e. The van der Waals surface area contributed by atoms with Crippen LogP contribution in [-0.2, 0) is 10.0 Å². The van der Waals surface area contributed by atoms with Crippen LogP contribution in [0, 0.1) is 0 Å². The molecule has 4 aromatic rings. The number of hydrogen-bond acceptors (Lipinski definition) is 7. The molecule has 1 aliphatic rings. The Hall–Kier alpha value is -3.48. The number of aromatic nitrogens is 1. The number of sulfonamides is 1. The number of anilines is 2. The maximum absolute atomic E-state index is 13.7. The van der Waals surface area contributed by atoms with Gasteiger partial charge in [0.25, 0.3) is 0 Å². The molecule has 1 saturated heterocycles. The van der Waals surface area contributed by atoms with Gasteiger partial charge in [-0.15, -0.1) is 0 Å². The first-order valence-corrected chi connectivity index (χ1v) is 18.2. The second kappa shape index (κ2) is 15.7. The number of thiazole rings is 1. The molecule has 1 aliphatic heterocycles. The Morgan fingerprint density at radius 3 is 2.29 bits per heavy atom. The highest BCUT2D eigenvalue weighted by Crippen LogP contribution is 2.36. The molecular weight excluding hydrogens is 628 g/mol. The van der Waals surface area contributed by atoms with Crippen molar-refractivity contribution < 1.29 is 13.2 Å². The van der Waals surface area contributed by atoms with Gasteiger partial charge in [-0.05, 0) is 49.1 Å². The Bertz CT molecular complexity index is 1590. The molecule has 12 heteroatoms. The molecule has 0 aliphatic carbocycles. The van der Waals surface area contributed by atoms with Gasteiger partial charge in [0.2, 0.25) is 10.0 Å². The number of benzene rings is 3. The molecule has 2 amide bonds. The summed E-state index contributed by atoms with van der Waals surface area (Å²) in [6.45, 7) is 3.75. The number of halogens is 1. The smallest absolute Gasteiger partial charge is 0.323 e. The van der Waals surface area contributed by atoms with Crippen LogP contribution in [0.3, 0.4) is 0 Å². The van der Waals surface area contributed by atoms with Gasteiger partial charge in [0.1, 0.15) is 10.0 Å². The van der Waals surface area contributed by atoms with Crippen molar-refractivity contribution in [3.05, 3.63) is 100 Å². The van der Waals surface area contributed by atoms with E-state index >= 15 is 0 Å². The number of rotatable bonds is 13. The molecule has 0 saturated carbocycles. The molecule has 1 fully saturated rings. The minimum absolute atomic E-state index is 0.138. The summed E-state index contributed by atoms with van der Waals surface area (Å²) in [4.78, 5) is 20.2. The Morgan fingerprint density at radius 2 is 1.69 bits per heavy atom. The summed E-state index contributed by atoms with van der Waals surface area (Å²) in [7, 11) is -3.39. The lowest BCUT2D eigenvalue weighted by Gasteiger charge is -2.28. The van der Waals surface area contributed by atoms with E-state index in [2.05, 4.69) is 74.2 Å². The minimum Gasteiger partial charge on any atom is -0.323 e. The van der Waals surface area contributed by atoms with E-state index in [1.54, 1.807) is 24.3 Å². The van der Waals surface area contributed by atoms with Crippen molar-refractivity contribution in [2.24, 2.45) is 0 Å². The van der Waals surface area contributed by atoms with Gasteiger partial charge >= 0.3 is 6.03 Å². The summed E-state index contributed by atoms with van der Waals surface area (Å²) in [6, 6.07) is 27.8. The second-order valence-electron chi connectivity index (χ2n) is 11.2. The lowest BCUT2D eigenvalue weighted by Crippen LogP contribution is -2.47. The predicted octanol–water partition coefficient (Wildman–Crippen LogP) is 6.23. The van der Waals surface area contributed by atoms with Crippen LogP contribution in [-0.4, -0.2) is 69.4 Å². The van der Waals surface area contributed by atoms with Gasteiger partial charge in [0.05, 0.1) is 6.26 Å². The molecule has 2 heterocycles. The molecule has 4 N–H and O–H groups in total. The van der Waals surface area contributed by atoms with Crippen molar-refractivity contribution in [1.29, 1.82) is 0 Å². The van der Waals surface area contributed by atoms with Gasteiger partial charge < -0.3 is 15.5 Å². The largest absolute Gasteiger partial charge is 0.323 e. The fourth-order valence-electron chi connectivity index (χ4n) is 5.54. The van der Waals surface area contributed by atoms with Crippen LogP contribution >= 0.6 is 22.9 Å². The maximum atomic E-state index is 13.7. The minimum atomic E-state index is -3.39. The van der Waals surface area contributed by atoms with E-state index in [0.29, 0.717) is 52.1 Å². The summed E-state index contributed by atoms with van der Waals surface area (Å²) >= 11 is 7.75. The van der Waals surface area contributed by atoms with E-state index in [4.69, 9.17) is 11.6 Å². The molecule has 0 bridgehead atoms. The van der Waals surface area contributed by atoms with Crippen LogP contribution in [0.15, 0.2) is 84.9 Å². The molecule has 0 spiro atoms. The average molecular weight is 667 g/mol. The van der Waals surface area contributed by atoms with Crippen LogP contribution in [0.4, 0.5) is 15.6 Å². The van der Waals surface area contributed by atoms with Crippen molar-refractivity contribution in [3.8, 4) is 11.3 Å². The summed E-state index contributed by atoms with van der Waals surface area (Å²) < 4.78 is 26.0. The van der Waals surface area contributed by atoms with Crippen LogP contribution in [0.25, 0.3) is 11.3 Å². The summed E-state index contributed by atoms with van der Waals surface area (Å²) in [5.74, 6) is 0.138. The lowest BCUT2D eigenvalue weighted by molar-refractivity contribution is 0.208. The third-order valence-corrected chi connectivity index (χ3v) is 9.53. The van der Waals surface area contributed by atoms with E-state index in [1.165, 1.54) is 22.5 Å². The van der Waals surface area contributed by atoms with E-state index in [1.807, 2.05) is 17.0 Å². The number of carbonyl (C=O) groups excluding carboxylic acids is 1. The first-order chi connectivity index (χ1) is 21.7. The first kappa shape index (κ1) is 32.9. The molecule has 3 aromatic carbocycles. The van der Waals surface area contributed by atoms with Crippen molar-refractivity contribution in [2.45, 2.75) is 31.2 Å². The monoisotopic (exact) mass is 666 g/mol. The fourth-order valence-corrected chi connectivity index (χ4v) is 7.18. The number of nitrogens with one attached hydrogen (secondary N) is 4. The number of hydrogen-bond donors (Lipinski definition) is 4. The third kappa shape index (κ3) is 9.75. The van der Waals surface area contributed by atoms with Crippen LogP contribution < -0.4 is 20.7 Å². The Labute approximate surface area is 274 Å². The third-order valence-electron chi connectivity index (χ3n) is 7.75. The zero-order valence-electron chi connectivity index (χ0n) is 25.2. The number of carbonyl (C=O) groups is 1. The Kier molecular flexibility index (Phi) is 11.5. The van der Waals surface area contributed by atoms with Crippen LogP contribution in [0.5, 0.6) is 0 Å². The Morgan fingerprint density at radius 1 is 1.02 bits per heavy atom. The zero-order chi connectivity index (χ0) is 31.6. The average Bonchev–Trinajstić information content (AvgIpc) is 3.40. The standard InChI is InChI=1S/C33H39ClN6O3S2/c1-45(42,43)39-27-16-14-26(15-17-27)30-31(34)44-32(37-30)38-33(41)40(22-20-36-28-13-8-19-35-23-28)21-18-29(24-9-4-2-5-10-24)25-11-6-3-7-12-25/h2-7,9-12,14-17,28-29,35-36,39H,8,13,18-23H2,1H3,(H,37,38,41)/t28-/m0/s1. The molecule has 1 aromatic heterocycles. The normalized spacial score (nSPS) is 15.1. The summed E-state index contributed by atoms with van der Waals surface area (Å²) in [5.41, 5.74) is 4.11. The van der Waals surface area contributed by atoms with Crippen molar-refractivity contribution in [3.63, 3.8) is 0 Å². The first-order valence-electron chi connectivity index (χ1n) is 15.1. The van der Waals surface area contributed by atoms with Gasteiger partial charge in [0.15, 0.2) is 5.13 Å². The van der Waals surface area contributed by atoms with Gasteiger partial charge in [-0.2, -0.15) is 0 Å². The van der Waals surface area contributed by atoms with Gasteiger partial charge in [-0.1, -0.05) is 95.7 Å². The molecule has 9 nitrogen and oxygen atoms in total. The second-order valence-corrected chi connectivity index (χ2v) is 14.5. The predicted molar refractivity (Wildman–Crippen MR) is 185 cm³/mol. The van der Waals surface area contributed by atoms with E-state index in [0.717, 1.165) is 38.6 Å². The van der Waals surface area contributed by atoms with Crippen molar-refractivity contribution >= 4 is 49.8 Å². The molecular formula is C33H39ClN6O3S2. The van der Waals surface area contributed by atoms with Crippen molar-refractivity contribution in [1.82, 2.24) is 20.5 Å².